The lowest BCUT2D eigenvalue weighted by Gasteiger charge is -2.30. The highest BCUT2D eigenvalue weighted by atomic mass is 16.5. The molecule has 1 aliphatic heterocycles. The number of pyridine rings is 1. The first-order valence-electron chi connectivity index (χ1n) is 6.99. The SMILES string of the molecule is CC1=C2O[C@H](C(C)(C)O)C[C@]2(O)c2cc(C)ncc2C1=O. The molecule has 2 N–H and O–H groups in total. The fourth-order valence-corrected chi connectivity index (χ4v) is 3.06. The first kappa shape index (κ1) is 14.2. The average molecular weight is 289 g/mol. The number of Topliss-reactive ketones (excluding diaryl/α,β-unsaturated/α-hetero) is 1. The summed E-state index contributed by atoms with van der Waals surface area (Å²) in [5.41, 5.74) is -0.447. The van der Waals surface area contributed by atoms with Crippen LogP contribution in [0.25, 0.3) is 0 Å². The molecule has 0 bridgehead atoms. The summed E-state index contributed by atoms with van der Waals surface area (Å²) in [7, 11) is 0. The van der Waals surface area contributed by atoms with E-state index in [9.17, 15) is 15.0 Å². The molecule has 112 valence electrons. The molecule has 0 radical (unpaired) electrons. The summed E-state index contributed by atoms with van der Waals surface area (Å²) in [5, 5.41) is 21.3. The van der Waals surface area contributed by atoms with Gasteiger partial charge >= 0.3 is 0 Å². The van der Waals surface area contributed by atoms with E-state index >= 15 is 0 Å². The molecule has 5 heteroatoms. The number of ketones is 1. The monoisotopic (exact) mass is 289 g/mol. The molecule has 1 fully saturated rings. The van der Waals surface area contributed by atoms with Gasteiger partial charge in [-0.3, -0.25) is 9.78 Å². The Bertz CT molecular complexity index is 671. The van der Waals surface area contributed by atoms with Gasteiger partial charge in [0.25, 0.3) is 0 Å². The molecule has 21 heavy (non-hydrogen) atoms. The van der Waals surface area contributed by atoms with E-state index in [0.29, 0.717) is 16.7 Å². The highest BCUT2D eigenvalue weighted by Gasteiger charge is 2.54. The maximum absolute atomic E-state index is 12.4. The molecule has 5 nitrogen and oxygen atoms in total. The molecular weight excluding hydrogens is 270 g/mol. The number of hydrogen-bond donors (Lipinski definition) is 2. The minimum absolute atomic E-state index is 0.187. The lowest BCUT2D eigenvalue weighted by molar-refractivity contribution is -0.0455. The van der Waals surface area contributed by atoms with E-state index in [-0.39, 0.29) is 18.0 Å². The van der Waals surface area contributed by atoms with Crippen molar-refractivity contribution in [2.24, 2.45) is 0 Å². The van der Waals surface area contributed by atoms with E-state index < -0.39 is 17.3 Å². The normalized spacial score (nSPS) is 28.3. The first-order chi connectivity index (χ1) is 9.64. The number of hydrogen-bond acceptors (Lipinski definition) is 5. The molecule has 0 spiro atoms. The topological polar surface area (TPSA) is 79.7 Å². The number of ether oxygens (including phenoxy) is 1. The van der Waals surface area contributed by atoms with Gasteiger partial charge in [0.2, 0.25) is 0 Å². The first-order valence-corrected chi connectivity index (χ1v) is 6.99. The quantitative estimate of drug-likeness (QED) is 0.821. The van der Waals surface area contributed by atoms with Crippen LogP contribution in [-0.4, -0.2) is 32.7 Å². The third kappa shape index (κ3) is 1.92. The number of aryl methyl sites for hydroxylation is 1. The van der Waals surface area contributed by atoms with Crippen molar-refractivity contribution in [1.82, 2.24) is 4.98 Å². The molecule has 2 heterocycles. The number of rotatable bonds is 1. The number of aliphatic hydroxyl groups is 2. The van der Waals surface area contributed by atoms with Gasteiger partial charge in [0, 0.05) is 35.0 Å². The summed E-state index contributed by atoms with van der Waals surface area (Å²) < 4.78 is 5.75. The predicted octanol–water partition coefficient (Wildman–Crippen LogP) is 1.61. The molecule has 2 atom stereocenters. The molecular formula is C16H19NO4. The maximum atomic E-state index is 12.4. The van der Waals surface area contributed by atoms with Crippen molar-refractivity contribution in [2.45, 2.75) is 51.4 Å². The van der Waals surface area contributed by atoms with Gasteiger partial charge in [0.05, 0.1) is 5.60 Å². The van der Waals surface area contributed by atoms with Crippen LogP contribution >= 0.6 is 0 Å². The number of nitrogens with zero attached hydrogens (tertiary/aromatic N) is 1. The Kier molecular flexibility index (Phi) is 2.81. The minimum Gasteiger partial charge on any atom is -0.488 e. The van der Waals surface area contributed by atoms with Crippen LogP contribution in [0.5, 0.6) is 0 Å². The van der Waals surface area contributed by atoms with Gasteiger partial charge in [-0.05, 0) is 33.8 Å². The van der Waals surface area contributed by atoms with Crippen LogP contribution in [0, 0.1) is 6.92 Å². The van der Waals surface area contributed by atoms with Gasteiger partial charge in [0.1, 0.15) is 11.9 Å². The van der Waals surface area contributed by atoms with Crippen LogP contribution in [0.1, 0.15) is 48.8 Å². The summed E-state index contributed by atoms with van der Waals surface area (Å²) in [4.78, 5) is 16.6. The van der Waals surface area contributed by atoms with E-state index in [4.69, 9.17) is 4.74 Å². The molecule has 0 unspecified atom stereocenters. The van der Waals surface area contributed by atoms with Gasteiger partial charge in [-0.25, -0.2) is 0 Å². The van der Waals surface area contributed by atoms with Crippen LogP contribution < -0.4 is 0 Å². The maximum Gasteiger partial charge on any atom is 0.194 e. The van der Waals surface area contributed by atoms with Crippen LogP contribution in [0.15, 0.2) is 23.6 Å². The van der Waals surface area contributed by atoms with Crippen molar-refractivity contribution in [2.75, 3.05) is 0 Å². The van der Waals surface area contributed by atoms with Crippen LogP contribution in [0.3, 0.4) is 0 Å². The zero-order valence-corrected chi connectivity index (χ0v) is 12.6. The Labute approximate surface area is 123 Å². The number of carbonyl (C=O) groups excluding carboxylic acids is 1. The number of fused-ring (bicyclic) bond motifs is 3. The van der Waals surface area contributed by atoms with E-state index in [2.05, 4.69) is 4.98 Å². The summed E-state index contributed by atoms with van der Waals surface area (Å²) >= 11 is 0. The lowest BCUT2D eigenvalue weighted by Crippen LogP contribution is -2.37. The second kappa shape index (κ2) is 4.15. The molecule has 0 aromatic carbocycles. The summed E-state index contributed by atoms with van der Waals surface area (Å²) in [5.74, 6) is 0.0753. The number of allylic oxidation sites excluding steroid dienone is 1. The standard InChI is InChI=1S/C16H19NO4/c1-8-5-11-10(7-17-8)13(18)9(2)14-16(11,20)6-12(21-14)15(3,4)19/h5,7,12,19-20H,6H2,1-4H3/t12-,16-/m0/s1. The highest BCUT2D eigenvalue weighted by molar-refractivity contribution is 6.11. The Morgan fingerprint density at radius 3 is 2.71 bits per heavy atom. The van der Waals surface area contributed by atoms with Crippen LogP contribution in [0.2, 0.25) is 0 Å². The molecule has 1 aromatic heterocycles. The molecule has 1 aromatic rings. The lowest BCUT2D eigenvalue weighted by atomic mass is 9.77. The molecule has 1 saturated heterocycles. The summed E-state index contributed by atoms with van der Waals surface area (Å²) in [6, 6.07) is 1.72. The molecule has 0 amide bonds. The van der Waals surface area contributed by atoms with Crippen LogP contribution in [0.4, 0.5) is 0 Å². The van der Waals surface area contributed by atoms with Gasteiger partial charge < -0.3 is 14.9 Å². The van der Waals surface area contributed by atoms with Gasteiger partial charge in [0.15, 0.2) is 11.4 Å². The van der Waals surface area contributed by atoms with Crippen molar-refractivity contribution in [3.05, 3.63) is 40.4 Å². The smallest absolute Gasteiger partial charge is 0.194 e. The van der Waals surface area contributed by atoms with E-state index in [1.165, 1.54) is 6.20 Å². The second-order valence-corrected chi connectivity index (χ2v) is 6.48. The van der Waals surface area contributed by atoms with Crippen molar-refractivity contribution in [1.29, 1.82) is 0 Å². The van der Waals surface area contributed by atoms with E-state index in [1.807, 2.05) is 6.92 Å². The molecule has 2 aliphatic rings. The zero-order valence-electron chi connectivity index (χ0n) is 12.6. The zero-order chi connectivity index (χ0) is 15.6. The van der Waals surface area contributed by atoms with Gasteiger partial charge in [-0.1, -0.05) is 0 Å². The Balaban J connectivity index is 2.21. The third-order valence-electron chi connectivity index (χ3n) is 4.32. The average Bonchev–Trinajstić information content (AvgIpc) is 2.76. The Morgan fingerprint density at radius 2 is 2.10 bits per heavy atom. The largest absolute Gasteiger partial charge is 0.488 e. The summed E-state index contributed by atoms with van der Waals surface area (Å²) in [6.07, 6.45) is 1.15. The fraction of sp³-hybridized carbons (Fsp3) is 0.500. The Hall–Kier alpha value is -1.72. The van der Waals surface area contributed by atoms with Crippen LogP contribution in [-0.2, 0) is 10.3 Å². The second-order valence-electron chi connectivity index (χ2n) is 6.48. The van der Waals surface area contributed by atoms with Crippen molar-refractivity contribution >= 4 is 5.78 Å². The van der Waals surface area contributed by atoms with Crippen molar-refractivity contribution in [3.8, 4) is 0 Å². The van der Waals surface area contributed by atoms with E-state index in [0.717, 1.165) is 5.69 Å². The van der Waals surface area contributed by atoms with E-state index in [1.54, 1.807) is 26.8 Å². The fourth-order valence-electron chi connectivity index (χ4n) is 3.06. The molecule has 1 aliphatic carbocycles. The molecule has 0 saturated carbocycles. The van der Waals surface area contributed by atoms with Gasteiger partial charge in [-0.15, -0.1) is 0 Å². The van der Waals surface area contributed by atoms with Crippen molar-refractivity contribution < 1.29 is 19.7 Å². The number of aromatic nitrogens is 1. The number of carbonyl (C=O) groups is 1. The highest BCUT2D eigenvalue weighted by Crippen LogP contribution is 2.50. The summed E-state index contributed by atoms with van der Waals surface area (Å²) in [6.45, 7) is 6.71. The Morgan fingerprint density at radius 1 is 1.43 bits per heavy atom. The predicted molar refractivity (Wildman–Crippen MR) is 75.7 cm³/mol. The van der Waals surface area contributed by atoms with Crippen molar-refractivity contribution in [3.63, 3.8) is 0 Å². The third-order valence-corrected chi connectivity index (χ3v) is 4.32. The van der Waals surface area contributed by atoms with Gasteiger partial charge in [-0.2, -0.15) is 0 Å². The minimum atomic E-state index is -1.37. The molecule has 3 rings (SSSR count).